The summed E-state index contributed by atoms with van der Waals surface area (Å²) in [6.07, 6.45) is 0. The molecule has 0 aliphatic rings. The SMILES string of the molecule is CC(Oc1ccccc1C(C)(C)C)SCc1nc(=S)[nH][nH]1. The molecule has 0 bridgehead atoms. The van der Waals surface area contributed by atoms with Crippen molar-refractivity contribution in [1.82, 2.24) is 15.2 Å². The fourth-order valence-electron chi connectivity index (χ4n) is 1.97. The minimum Gasteiger partial charge on any atom is -0.480 e. The number of hydrogen-bond donors (Lipinski definition) is 2. The Kier molecular flexibility index (Phi) is 5.11. The number of H-pyrrole nitrogens is 2. The topological polar surface area (TPSA) is 53.7 Å². The summed E-state index contributed by atoms with van der Waals surface area (Å²) in [6.45, 7) is 8.62. The van der Waals surface area contributed by atoms with Gasteiger partial charge in [-0.1, -0.05) is 39.0 Å². The highest BCUT2D eigenvalue weighted by Crippen LogP contribution is 2.32. The van der Waals surface area contributed by atoms with E-state index in [-0.39, 0.29) is 10.9 Å². The number of nitrogens with one attached hydrogen (secondary N) is 2. The van der Waals surface area contributed by atoms with Gasteiger partial charge < -0.3 is 4.74 Å². The maximum atomic E-state index is 6.09. The lowest BCUT2D eigenvalue weighted by molar-refractivity contribution is 0.299. The molecule has 0 amide bonds. The predicted octanol–water partition coefficient (Wildman–Crippen LogP) is 4.42. The first-order valence-electron chi connectivity index (χ1n) is 6.87. The first-order chi connectivity index (χ1) is 9.86. The zero-order valence-corrected chi connectivity index (χ0v) is 14.4. The summed E-state index contributed by atoms with van der Waals surface area (Å²) in [5.41, 5.74) is 1.32. The van der Waals surface area contributed by atoms with Crippen LogP contribution in [0.2, 0.25) is 0 Å². The van der Waals surface area contributed by atoms with E-state index in [4.69, 9.17) is 17.0 Å². The van der Waals surface area contributed by atoms with Crippen LogP contribution >= 0.6 is 24.0 Å². The number of hydrogen-bond acceptors (Lipinski definition) is 4. The number of aromatic amines is 2. The van der Waals surface area contributed by atoms with Gasteiger partial charge in [0.25, 0.3) is 0 Å². The largest absolute Gasteiger partial charge is 0.480 e. The molecule has 1 aromatic carbocycles. The van der Waals surface area contributed by atoms with Crippen molar-refractivity contribution in [1.29, 1.82) is 0 Å². The summed E-state index contributed by atoms with van der Waals surface area (Å²) >= 11 is 6.61. The molecule has 1 heterocycles. The lowest BCUT2D eigenvalue weighted by Gasteiger charge is -2.24. The Balaban J connectivity index is 1.99. The average Bonchev–Trinajstić information content (AvgIpc) is 2.82. The summed E-state index contributed by atoms with van der Waals surface area (Å²) in [7, 11) is 0. The number of nitrogens with zero attached hydrogens (tertiary/aromatic N) is 1. The third kappa shape index (κ3) is 4.61. The first-order valence-corrected chi connectivity index (χ1v) is 8.33. The molecule has 0 radical (unpaired) electrons. The van der Waals surface area contributed by atoms with Crippen molar-refractivity contribution in [3.05, 3.63) is 40.4 Å². The van der Waals surface area contributed by atoms with Gasteiger partial charge in [0, 0.05) is 0 Å². The van der Waals surface area contributed by atoms with E-state index >= 15 is 0 Å². The molecule has 0 spiro atoms. The van der Waals surface area contributed by atoms with Gasteiger partial charge in [-0.3, -0.25) is 10.2 Å². The van der Waals surface area contributed by atoms with Gasteiger partial charge in [-0.15, -0.1) is 11.8 Å². The normalized spacial score (nSPS) is 13.1. The Morgan fingerprint density at radius 2 is 2.00 bits per heavy atom. The molecular weight excluding hydrogens is 302 g/mol. The summed E-state index contributed by atoms with van der Waals surface area (Å²) in [4.78, 5) is 4.17. The van der Waals surface area contributed by atoms with Gasteiger partial charge in [0.1, 0.15) is 17.0 Å². The van der Waals surface area contributed by atoms with Crippen LogP contribution in [-0.4, -0.2) is 20.6 Å². The van der Waals surface area contributed by atoms with Crippen LogP contribution in [0.3, 0.4) is 0 Å². The van der Waals surface area contributed by atoms with Crippen LogP contribution in [0.25, 0.3) is 0 Å². The second kappa shape index (κ2) is 6.66. The highest BCUT2D eigenvalue weighted by Gasteiger charge is 2.19. The molecule has 0 fully saturated rings. The van der Waals surface area contributed by atoms with Crippen molar-refractivity contribution >= 4 is 24.0 Å². The Labute approximate surface area is 134 Å². The molecule has 0 saturated heterocycles. The second-order valence-corrected chi connectivity index (χ2v) is 7.53. The fraction of sp³-hybridized carbons (Fsp3) is 0.467. The monoisotopic (exact) mass is 323 g/mol. The second-order valence-electron chi connectivity index (χ2n) is 5.86. The van der Waals surface area contributed by atoms with Crippen molar-refractivity contribution in [2.45, 2.75) is 44.3 Å². The molecule has 21 heavy (non-hydrogen) atoms. The summed E-state index contributed by atoms with van der Waals surface area (Å²) < 4.78 is 6.57. The minimum absolute atomic E-state index is 0.0344. The van der Waals surface area contributed by atoms with Crippen LogP contribution in [-0.2, 0) is 11.2 Å². The summed E-state index contributed by atoms with van der Waals surface area (Å²) in [5.74, 6) is 2.51. The van der Waals surface area contributed by atoms with Gasteiger partial charge in [-0.2, -0.15) is 0 Å². The molecule has 0 saturated carbocycles. The Hall–Kier alpha value is -1.27. The zero-order valence-electron chi connectivity index (χ0n) is 12.8. The molecule has 1 atom stereocenters. The minimum atomic E-state index is 0.0344. The molecule has 1 unspecified atom stereocenters. The van der Waals surface area contributed by atoms with Crippen molar-refractivity contribution < 1.29 is 4.74 Å². The molecule has 0 aliphatic heterocycles. The van der Waals surface area contributed by atoms with Gasteiger partial charge in [-0.05, 0) is 36.2 Å². The number of benzene rings is 1. The van der Waals surface area contributed by atoms with Gasteiger partial charge >= 0.3 is 0 Å². The molecular formula is C15H21N3OS2. The Bertz CT molecular complexity index is 643. The van der Waals surface area contributed by atoms with E-state index in [0.29, 0.717) is 4.77 Å². The maximum absolute atomic E-state index is 6.09. The smallest absolute Gasteiger partial charge is 0.213 e. The molecule has 2 aromatic rings. The Morgan fingerprint density at radius 1 is 1.29 bits per heavy atom. The number of rotatable bonds is 5. The van der Waals surface area contributed by atoms with E-state index in [1.165, 1.54) is 5.56 Å². The molecule has 4 nitrogen and oxygen atoms in total. The number of aromatic nitrogens is 3. The standard InChI is InChI=1S/C15H21N3OS2/c1-10(21-9-13-16-14(20)18-17-13)19-12-8-6-5-7-11(12)15(2,3)4/h5-8,10H,9H2,1-4H3,(H2,16,17,18,20). The van der Waals surface area contributed by atoms with Crippen LogP contribution in [0, 0.1) is 4.77 Å². The van der Waals surface area contributed by atoms with E-state index in [0.717, 1.165) is 17.3 Å². The lowest BCUT2D eigenvalue weighted by Crippen LogP contribution is -2.16. The average molecular weight is 323 g/mol. The Morgan fingerprint density at radius 3 is 2.62 bits per heavy atom. The fourth-order valence-corrected chi connectivity index (χ4v) is 2.83. The van der Waals surface area contributed by atoms with Gasteiger partial charge in [0.15, 0.2) is 0 Å². The van der Waals surface area contributed by atoms with Crippen LogP contribution in [0.5, 0.6) is 5.75 Å². The van der Waals surface area contributed by atoms with E-state index in [1.807, 2.05) is 19.1 Å². The third-order valence-electron chi connectivity index (χ3n) is 2.99. The number of thioether (sulfide) groups is 1. The van der Waals surface area contributed by atoms with Crippen LogP contribution in [0.15, 0.2) is 24.3 Å². The van der Waals surface area contributed by atoms with Crippen molar-refractivity contribution in [2.24, 2.45) is 0 Å². The lowest BCUT2D eigenvalue weighted by atomic mass is 9.86. The van der Waals surface area contributed by atoms with E-state index < -0.39 is 0 Å². The van der Waals surface area contributed by atoms with Crippen LogP contribution < -0.4 is 4.74 Å². The van der Waals surface area contributed by atoms with Crippen LogP contribution in [0.1, 0.15) is 39.1 Å². The first kappa shape index (κ1) is 16.1. The molecule has 0 aliphatic carbocycles. The van der Waals surface area contributed by atoms with Gasteiger partial charge in [0.05, 0.1) is 5.75 Å². The van der Waals surface area contributed by atoms with E-state index in [2.05, 4.69) is 48.1 Å². The number of para-hydroxylation sites is 1. The predicted molar refractivity (Wildman–Crippen MR) is 90.3 cm³/mol. The van der Waals surface area contributed by atoms with Crippen molar-refractivity contribution in [2.75, 3.05) is 0 Å². The third-order valence-corrected chi connectivity index (χ3v) is 4.19. The van der Waals surface area contributed by atoms with Crippen molar-refractivity contribution in [3.8, 4) is 5.75 Å². The number of ether oxygens (including phenoxy) is 1. The molecule has 2 rings (SSSR count). The van der Waals surface area contributed by atoms with Crippen LogP contribution in [0.4, 0.5) is 0 Å². The van der Waals surface area contributed by atoms with E-state index in [1.54, 1.807) is 11.8 Å². The quantitative estimate of drug-likeness (QED) is 0.631. The van der Waals surface area contributed by atoms with E-state index in [9.17, 15) is 0 Å². The molecule has 2 N–H and O–H groups in total. The zero-order chi connectivity index (χ0) is 15.5. The molecule has 1 aromatic heterocycles. The van der Waals surface area contributed by atoms with Crippen molar-refractivity contribution in [3.63, 3.8) is 0 Å². The summed E-state index contributed by atoms with van der Waals surface area (Å²) in [5, 5.41) is 5.74. The highest BCUT2D eigenvalue weighted by atomic mass is 32.2. The summed E-state index contributed by atoms with van der Waals surface area (Å²) in [6, 6.07) is 8.21. The maximum Gasteiger partial charge on any atom is 0.213 e. The molecule has 114 valence electrons. The van der Waals surface area contributed by atoms with Gasteiger partial charge in [0.2, 0.25) is 4.77 Å². The highest BCUT2D eigenvalue weighted by molar-refractivity contribution is 7.98. The molecule has 6 heteroatoms. The van der Waals surface area contributed by atoms with Gasteiger partial charge in [-0.25, -0.2) is 4.98 Å².